The first kappa shape index (κ1) is 5.03. The average molecular weight is 111 g/mol. The molecule has 0 unspecified atom stereocenters. The van der Waals surface area contributed by atoms with Crippen molar-refractivity contribution in [3.63, 3.8) is 0 Å². The van der Waals surface area contributed by atoms with Gasteiger partial charge in [-0.15, -0.1) is 0 Å². The second-order valence-electron chi connectivity index (χ2n) is 1.28. The molecule has 0 aromatic rings. The first-order chi connectivity index (χ1) is 3.89. The molecule has 1 aliphatic heterocycles. The Balaban J connectivity index is 2.58. The van der Waals surface area contributed by atoms with E-state index in [-0.39, 0.29) is 12.6 Å². The monoisotopic (exact) mass is 111 g/mol. The Hall–Kier alpha value is -1.12. The summed E-state index contributed by atoms with van der Waals surface area (Å²) in [4.78, 5) is 14.0. The molecule has 0 bridgehead atoms. The zero-order valence-corrected chi connectivity index (χ0v) is 4.20. The van der Waals surface area contributed by atoms with Crippen molar-refractivity contribution in [3.8, 4) is 0 Å². The van der Waals surface area contributed by atoms with Crippen LogP contribution in [0.2, 0.25) is 0 Å². The highest BCUT2D eigenvalue weighted by Gasteiger charge is 1.94. The Bertz CT molecular complexity index is 149. The molecule has 1 aliphatic rings. The van der Waals surface area contributed by atoms with Crippen molar-refractivity contribution in [3.05, 3.63) is 12.3 Å². The number of carbonyl (C=O) groups excluding carboxylic acids is 1. The van der Waals surface area contributed by atoms with Crippen LogP contribution in [0, 0.1) is 0 Å². The van der Waals surface area contributed by atoms with Crippen LogP contribution < -0.4 is 0 Å². The van der Waals surface area contributed by atoms with Gasteiger partial charge < -0.3 is 4.74 Å². The maximum Gasteiger partial charge on any atom is 0.332 e. The van der Waals surface area contributed by atoms with E-state index in [0.29, 0.717) is 0 Å². The summed E-state index contributed by atoms with van der Waals surface area (Å²) < 4.78 is 4.53. The first-order valence-corrected chi connectivity index (χ1v) is 2.24. The molecule has 0 aromatic heterocycles. The lowest BCUT2D eigenvalue weighted by atomic mass is 10.6. The number of hydrogen-bond acceptors (Lipinski definition) is 3. The van der Waals surface area contributed by atoms with Crippen LogP contribution in [0.3, 0.4) is 0 Å². The minimum Gasteiger partial charge on any atom is -0.457 e. The van der Waals surface area contributed by atoms with Gasteiger partial charge in [-0.05, 0) is 0 Å². The van der Waals surface area contributed by atoms with Crippen molar-refractivity contribution in [2.75, 3.05) is 6.61 Å². The van der Waals surface area contributed by atoms with E-state index in [1.54, 1.807) is 0 Å². The molecule has 3 heteroatoms. The van der Waals surface area contributed by atoms with Gasteiger partial charge in [0, 0.05) is 18.5 Å². The SMILES string of the molecule is O=C1C=CN=CCO1. The lowest BCUT2D eigenvalue weighted by Gasteiger charge is -1.89. The fraction of sp³-hybridized carbons (Fsp3) is 0.200. The fourth-order valence-corrected chi connectivity index (χ4v) is 0.375. The van der Waals surface area contributed by atoms with Gasteiger partial charge in [0.25, 0.3) is 0 Å². The van der Waals surface area contributed by atoms with Crippen molar-refractivity contribution in [2.45, 2.75) is 0 Å². The molecular formula is C5H5NO2. The van der Waals surface area contributed by atoms with E-state index in [2.05, 4.69) is 9.73 Å². The quantitative estimate of drug-likeness (QED) is 0.417. The Kier molecular flexibility index (Phi) is 1.42. The van der Waals surface area contributed by atoms with Gasteiger partial charge in [0.15, 0.2) is 0 Å². The topological polar surface area (TPSA) is 38.7 Å². The van der Waals surface area contributed by atoms with Crippen molar-refractivity contribution >= 4 is 12.2 Å². The smallest absolute Gasteiger partial charge is 0.332 e. The van der Waals surface area contributed by atoms with E-state index < -0.39 is 0 Å². The predicted molar refractivity (Wildman–Crippen MR) is 28.6 cm³/mol. The Morgan fingerprint density at radius 2 is 2.62 bits per heavy atom. The van der Waals surface area contributed by atoms with E-state index in [9.17, 15) is 4.79 Å². The van der Waals surface area contributed by atoms with Crippen LogP contribution in [0.25, 0.3) is 0 Å². The standard InChI is InChI=1S/C5H5NO2/c7-5-1-2-6-3-4-8-5/h1-3H,4H2. The minimum absolute atomic E-state index is 0.284. The van der Waals surface area contributed by atoms with Crippen LogP contribution in [-0.4, -0.2) is 18.8 Å². The number of carbonyl (C=O) groups is 1. The lowest BCUT2D eigenvalue weighted by Crippen LogP contribution is -1.99. The summed E-state index contributed by atoms with van der Waals surface area (Å²) in [5, 5.41) is 0. The van der Waals surface area contributed by atoms with E-state index in [1.807, 2.05) is 0 Å². The van der Waals surface area contributed by atoms with Gasteiger partial charge in [0.2, 0.25) is 0 Å². The molecule has 0 fully saturated rings. The molecule has 0 aliphatic carbocycles. The van der Waals surface area contributed by atoms with Gasteiger partial charge in [0.1, 0.15) is 6.61 Å². The normalized spacial score (nSPS) is 17.8. The molecule has 0 aromatic carbocycles. The molecule has 0 atom stereocenters. The van der Waals surface area contributed by atoms with Crippen LogP contribution in [0.1, 0.15) is 0 Å². The maximum atomic E-state index is 10.3. The Morgan fingerprint density at radius 1 is 1.75 bits per heavy atom. The number of ether oxygens (including phenoxy) is 1. The summed E-state index contributed by atoms with van der Waals surface area (Å²) in [5.41, 5.74) is 0. The van der Waals surface area contributed by atoms with Crippen molar-refractivity contribution in [1.29, 1.82) is 0 Å². The van der Waals surface area contributed by atoms with Crippen LogP contribution in [-0.2, 0) is 9.53 Å². The second kappa shape index (κ2) is 2.26. The summed E-state index contributed by atoms with van der Waals surface area (Å²) in [6.07, 6.45) is 4.22. The van der Waals surface area contributed by atoms with E-state index >= 15 is 0 Å². The highest BCUT2D eigenvalue weighted by atomic mass is 16.5. The summed E-state index contributed by atoms with van der Waals surface area (Å²) in [6.45, 7) is 0.284. The van der Waals surface area contributed by atoms with Crippen molar-refractivity contribution in [2.24, 2.45) is 4.99 Å². The molecule has 0 saturated heterocycles. The fourth-order valence-electron chi connectivity index (χ4n) is 0.375. The van der Waals surface area contributed by atoms with Crippen LogP contribution in [0.15, 0.2) is 17.3 Å². The van der Waals surface area contributed by atoms with Crippen molar-refractivity contribution in [1.82, 2.24) is 0 Å². The third-order valence-corrected chi connectivity index (χ3v) is 0.702. The molecule has 1 heterocycles. The third-order valence-electron chi connectivity index (χ3n) is 0.702. The highest BCUT2D eigenvalue weighted by molar-refractivity contribution is 5.84. The molecule has 0 spiro atoms. The summed E-state index contributed by atoms with van der Waals surface area (Å²) in [5.74, 6) is -0.331. The summed E-state index contributed by atoms with van der Waals surface area (Å²) >= 11 is 0. The van der Waals surface area contributed by atoms with Gasteiger partial charge in [-0.25, -0.2) is 4.79 Å². The lowest BCUT2D eigenvalue weighted by molar-refractivity contribution is -0.135. The van der Waals surface area contributed by atoms with Gasteiger partial charge in [-0.1, -0.05) is 0 Å². The Labute approximate surface area is 46.7 Å². The van der Waals surface area contributed by atoms with Crippen LogP contribution >= 0.6 is 0 Å². The number of rotatable bonds is 0. The van der Waals surface area contributed by atoms with Gasteiger partial charge >= 0.3 is 5.97 Å². The molecule has 1 rings (SSSR count). The summed E-state index contributed by atoms with van der Waals surface area (Å²) in [6, 6.07) is 0. The molecule has 8 heavy (non-hydrogen) atoms. The number of aliphatic imine (C=N–C) groups is 1. The number of esters is 1. The third kappa shape index (κ3) is 1.18. The summed E-state index contributed by atoms with van der Waals surface area (Å²) in [7, 11) is 0. The zero-order chi connectivity index (χ0) is 5.82. The largest absolute Gasteiger partial charge is 0.457 e. The first-order valence-electron chi connectivity index (χ1n) is 2.24. The van der Waals surface area contributed by atoms with Crippen LogP contribution in [0.4, 0.5) is 0 Å². The number of nitrogens with zero attached hydrogens (tertiary/aromatic N) is 1. The number of cyclic esters (lactones) is 1. The van der Waals surface area contributed by atoms with Gasteiger partial charge in [0.05, 0.1) is 0 Å². The Morgan fingerprint density at radius 3 is 3.50 bits per heavy atom. The highest BCUT2D eigenvalue weighted by Crippen LogP contribution is 1.85. The van der Waals surface area contributed by atoms with E-state index in [4.69, 9.17) is 0 Å². The maximum absolute atomic E-state index is 10.3. The molecule has 0 N–H and O–H groups in total. The zero-order valence-electron chi connectivity index (χ0n) is 4.20. The minimum atomic E-state index is -0.331. The molecular weight excluding hydrogens is 106 g/mol. The van der Waals surface area contributed by atoms with E-state index in [1.165, 1.54) is 18.5 Å². The second-order valence-corrected chi connectivity index (χ2v) is 1.28. The molecule has 42 valence electrons. The van der Waals surface area contributed by atoms with Crippen molar-refractivity contribution < 1.29 is 9.53 Å². The number of hydrogen-bond donors (Lipinski definition) is 0. The van der Waals surface area contributed by atoms with E-state index in [0.717, 1.165) is 0 Å². The molecule has 0 amide bonds. The van der Waals surface area contributed by atoms with Crippen LogP contribution in [0.5, 0.6) is 0 Å². The predicted octanol–water partition coefficient (Wildman–Crippen LogP) is 0.128. The molecule has 3 nitrogen and oxygen atoms in total. The molecule has 0 radical (unpaired) electrons. The van der Waals surface area contributed by atoms with Gasteiger partial charge in [-0.3, -0.25) is 4.99 Å². The van der Waals surface area contributed by atoms with Gasteiger partial charge in [-0.2, -0.15) is 0 Å². The average Bonchev–Trinajstić information content (AvgIpc) is 1.94. The molecule has 0 saturated carbocycles.